The summed E-state index contributed by atoms with van der Waals surface area (Å²) in [6, 6.07) is 0.576. The van der Waals surface area contributed by atoms with Crippen LogP contribution in [0.1, 0.15) is 39.5 Å². The summed E-state index contributed by atoms with van der Waals surface area (Å²) < 4.78 is 0. The summed E-state index contributed by atoms with van der Waals surface area (Å²) in [7, 11) is 0. The van der Waals surface area contributed by atoms with Gasteiger partial charge in [-0.3, -0.25) is 4.99 Å². The van der Waals surface area contributed by atoms with Gasteiger partial charge in [-0.25, -0.2) is 0 Å². The van der Waals surface area contributed by atoms with Crippen LogP contribution in [-0.2, 0) is 0 Å². The van der Waals surface area contributed by atoms with E-state index in [1.54, 1.807) is 0 Å². The first-order chi connectivity index (χ1) is 7.59. The van der Waals surface area contributed by atoms with Gasteiger partial charge in [-0.15, -0.1) is 0 Å². The first-order valence-corrected chi connectivity index (χ1v) is 8.38. The van der Waals surface area contributed by atoms with Crippen molar-refractivity contribution >= 4 is 28.7 Å². The van der Waals surface area contributed by atoms with E-state index in [1.807, 2.05) is 23.5 Å². The van der Waals surface area contributed by atoms with Crippen LogP contribution < -0.4 is 5.32 Å². The minimum atomic E-state index is 0.236. The fourth-order valence-electron chi connectivity index (χ4n) is 2.26. The van der Waals surface area contributed by atoms with Gasteiger partial charge in [-0.05, 0) is 45.8 Å². The standard InChI is InChI=1S/C12H22N2S2/c1-12(2)8-16-11(14-12)13-9-4-6-10(15-3)7-5-9/h9-10H,4-8H2,1-3H3,(H,13,14). The van der Waals surface area contributed by atoms with Gasteiger partial charge in [0.2, 0.25) is 0 Å². The number of amidine groups is 1. The highest BCUT2D eigenvalue weighted by Crippen LogP contribution is 2.30. The predicted octanol–water partition coefficient (Wildman–Crippen LogP) is 3.13. The Labute approximate surface area is 107 Å². The summed E-state index contributed by atoms with van der Waals surface area (Å²) in [6.45, 7) is 4.49. The zero-order chi connectivity index (χ0) is 11.6. The third-order valence-electron chi connectivity index (χ3n) is 3.29. The molecule has 92 valence electrons. The van der Waals surface area contributed by atoms with Crippen LogP contribution in [0, 0.1) is 0 Å². The Balaban J connectivity index is 1.84. The molecule has 1 heterocycles. The summed E-state index contributed by atoms with van der Waals surface area (Å²) >= 11 is 3.90. The van der Waals surface area contributed by atoms with Crippen LogP contribution in [-0.4, -0.2) is 34.0 Å². The molecule has 0 spiro atoms. The summed E-state index contributed by atoms with van der Waals surface area (Å²) in [5.74, 6) is 1.14. The number of nitrogens with one attached hydrogen (secondary N) is 1. The second kappa shape index (κ2) is 5.21. The van der Waals surface area contributed by atoms with E-state index in [0.29, 0.717) is 6.04 Å². The van der Waals surface area contributed by atoms with E-state index in [2.05, 4.69) is 25.4 Å². The number of aliphatic imine (C=N–C) groups is 1. The lowest BCUT2D eigenvalue weighted by Gasteiger charge is -2.25. The van der Waals surface area contributed by atoms with Crippen molar-refractivity contribution in [2.24, 2.45) is 4.99 Å². The summed E-state index contributed by atoms with van der Waals surface area (Å²) in [4.78, 5) is 4.86. The minimum absolute atomic E-state index is 0.236. The number of thioether (sulfide) groups is 2. The maximum atomic E-state index is 4.86. The Bertz CT molecular complexity index is 268. The average molecular weight is 258 g/mol. The Morgan fingerprint density at radius 1 is 1.31 bits per heavy atom. The molecule has 1 saturated heterocycles. The molecule has 2 nitrogen and oxygen atoms in total. The first kappa shape index (κ1) is 12.6. The monoisotopic (exact) mass is 258 g/mol. The van der Waals surface area contributed by atoms with Crippen LogP contribution in [0.3, 0.4) is 0 Å². The predicted molar refractivity (Wildman–Crippen MR) is 76.7 cm³/mol. The van der Waals surface area contributed by atoms with Gasteiger partial charge in [0.25, 0.3) is 0 Å². The van der Waals surface area contributed by atoms with Gasteiger partial charge < -0.3 is 5.32 Å². The van der Waals surface area contributed by atoms with Crippen LogP contribution >= 0.6 is 23.5 Å². The van der Waals surface area contributed by atoms with Gasteiger partial charge >= 0.3 is 0 Å². The Hall–Kier alpha value is 0.170. The molecule has 0 bridgehead atoms. The van der Waals surface area contributed by atoms with Crippen LogP contribution in [0.2, 0.25) is 0 Å². The Morgan fingerprint density at radius 2 is 2.00 bits per heavy atom. The molecule has 2 rings (SSSR count). The first-order valence-electron chi connectivity index (χ1n) is 6.11. The largest absolute Gasteiger partial charge is 0.359 e. The summed E-state index contributed by atoms with van der Waals surface area (Å²) in [5, 5.41) is 5.57. The van der Waals surface area contributed by atoms with Crippen molar-refractivity contribution in [1.82, 2.24) is 5.32 Å². The molecular formula is C12H22N2S2. The second-order valence-electron chi connectivity index (χ2n) is 5.40. The molecule has 1 saturated carbocycles. The molecular weight excluding hydrogens is 236 g/mol. The summed E-state index contributed by atoms with van der Waals surface area (Å²) in [5.41, 5.74) is 0.236. The van der Waals surface area contributed by atoms with E-state index in [1.165, 1.54) is 30.9 Å². The fourth-order valence-corrected chi connectivity index (χ4v) is 4.14. The topological polar surface area (TPSA) is 24.4 Å². The van der Waals surface area contributed by atoms with E-state index in [-0.39, 0.29) is 5.54 Å². The molecule has 1 N–H and O–H groups in total. The quantitative estimate of drug-likeness (QED) is 0.823. The van der Waals surface area contributed by atoms with E-state index < -0.39 is 0 Å². The molecule has 2 fully saturated rings. The number of hydrogen-bond acceptors (Lipinski definition) is 3. The molecule has 1 aliphatic heterocycles. The van der Waals surface area contributed by atoms with Crippen molar-refractivity contribution in [1.29, 1.82) is 0 Å². The molecule has 0 radical (unpaired) electrons. The highest BCUT2D eigenvalue weighted by molar-refractivity contribution is 8.14. The average Bonchev–Trinajstić information content (AvgIpc) is 2.59. The molecule has 2 aliphatic rings. The zero-order valence-electron chi connectivity index (χ0n) is 10.5. The third kappa shape index (κ3) is 3.33. The maximum absolute atomic E-state index is 4.86. The van der Waals surface area contributed by atoms with Gasteiger partial charge in [-0.2, -0.15) is 11.8 Å². The molecule has 0 aromatic heterocycles. The van der Waals surface area contributed by atoms with Crippen molar-refractivity contribution in [2.75, 3.05) is 12.0 Å². The molecule has 16 heavy (non-hydrogen) atoms. The smallest absolute Gasteiger partial charge is 0.157 e. The molecule has 0 atom stereocenters. The molecule has 0 aromatic rings. The van der Waals surface area contributed by atoms with Gasteiger partial charge in [0.05, 0.1) is 6.04 Å². The van der Waals surface area contributed by atoms with Crippen molar-refractivity contribution in [3.05, 3.63) is 0 Å². The van der Waals surface area contributed by atoms with Crippen LogP contribution in [0.5, 0.6) is 0 Å². The SMILES string of the molecule is CSC1CCC(N=C2NC(C)(C)CS2)CC1. The molecule has 0 aromatic carbocycles. The Morgan fingerprint density at radius 3 is 2.50 bits per heavy atom. The zero-order valence-corrected chi connectivity index (χ0v) is 12.1. The van der Waals surface area contributed by atoms with Crippen molar-refractivity contribution in [2.45, 2.75) is 56.4 Å². The Kier molecular flexibility index (Phi) is 4.11. The fraction of sp³-hybridized carbons (Fsp3) is 0.917. The van der Waals surface area contributed by atoms with Crippen LogP contribution in [0.15, 0.2) is 4.99 Å². The van der Waals surface area contributed by atoms with Gasteiger partial charge in [0.15, 0.2) is 5.17 Å². The maximum Gasteiger partial charge on any atom is 0.157 e. The number of rotatable bonds is 2. The van der Waals surface area contributed by atoms with Gasteiger partial charge in [0.1, 0.15) is 0 Å². The van der Waals surface area contributed by atoms with E-state index in [0.717, 1.165) is 11.0 Å². The molecule has 1 aliphatic carbocycles. The van der Waals surface area contributed by atoms with E-state index >= 15 is 0 Å². The highest BCUT2D eigenvalue weighted by Gasteiger charge is 2.28. The van der Waals surface area contributed by atoms with Crippen molar-refractivity contribution in [3.8, 4) is 0 Å². The second-order valence-corrected chi connectivity index (χ2v) is 7.50. The van der Waals surface area contributed by atoms with Gasteiger partial charge in [0, 0.05) is 16.5 Å². The highest BCUT2D eigenvalue weighted by atomic mass is 32.2. The van der Waals surface area contributed by atoms with Gasteiger partial charge in [-0.1, -0.05) is 11.8 Å². The third-order valence-corrected chi connectivity index (χ3v) is 5.78. The van der Waals surface area contributed by atoms with Crippen molar-refractivity contribution < 1.29 is 0 Å². The van der Waals surface area contributed by atoms with E-state index in [9.17, 15) is 0 Å². The normalized spacial score (nSPS) is 36.3. The van der Waals surface area contributed by atoms with Crippen molar-refractivity contribution in [3.63, 3.8) is 0 Å². The molecule has 0 amide bonds. The molecule has 0 unspecified atom stereocenters. The lowest BCUT2D eigenvalue weighted by molar-refractivity contribution is 0.450. The number of nitrogens with zero attached hydrogens (tertiary/aromatic N) is 1. The summed E-state index contributed by atoms with van der Waals surface area (Å²) in [6.07, 6.45) is 7.47. The molecule has 4 heteroatoms. The van der Waals surface area contributed by atoms with E-state index in [4.69, 9.17) is 4.99 Å². The lowest BCUT2D eigenvalue weighted by Crippen LogP contribution is -2.37. The van der Waals surface area contributed by atoms with Crippen LogP contribution in [0.25, 0.3) is 0 Å². The van der Waals surface area contributed by atoms with Crippen LogP contribution in [0.4, 0.5) is 0 Å². The number of hydrogen-bond donors (Lipinski definition) is 1. The lowest BCUT2D eigenvalue weighted by atomic mass is 9.95. The minimum Gasteiger partial charge on any atom is -0.359 e.